The highest BCUT2D eigenvalue weighted by molar-refractivity contribution is 6.37. The minimum Gasteiger partial charge on any atom is -0.475 e. The highest BCUT2D eigenvalue weighted by atomic mass is 16.6. The average Bonchev–Trinajstić information content (AvgIpc) is 3.47. The van der Waals surface area contributed by atoms with Gasteiger partial charge in [0.15, 0.2) is 0 Å². The molecule has 0 radical (unpaired) electrons. The third-order valence-electron chi connectivity index (χ3n) is 7.11. The summed E-state index contributed by atoms with van der Waals surface area (Å²) in [5.74, 6) is -3.80. The summed E-state index contributed by atoms with van der Waals surface area (Å²) in [6, 6.07) is -1.73. The Morgan fingerprint density at radius 2 is 1.67 bits per heavy atom. The maximum Gasteiger partial charge on any atom is 0.408 e. The van der Waals surface area contributed by atoms with Gasteiger partial charge in [0.1, 0.15) is 23.2 Å². The first-order valence-corrected chi connectivity index (χ1v) is 11.4. The SMILES string of the molecule is CC(C)[C@H](NC(=O)OC(C)(C)C)C(=O)N1C[C@H]2[C@@H](C1C(=O)NC1(C(=O)C(=O)O)CC1)C2(C)C. The normalized spacial score (nSPS) is 27.3. The predicted molar refractivity (Wildman–Crippen MR) is 117 cm³/mol. The smallest absolute Gasteiger partial charge is 0.408 e. The largest absolute Gasteiger partial charge is 0.475 e. The van der Waals surface area contributed by atoms with Gasteiger partial charge >= 0.3 is 12.1 Å². The second kappa shape index (κ2) is 7.99. The van der Waals surface area contributed by atoms with E-state index >= 15 is 0 Å². The number of carbonyl (C=O) groups excluding carboxylic acids is 4. The topological polar surface area (TPSA) is 142 Å². The van der Waals surface area contributed by atoms with Crippen LogP contribution in [-0.4, -0.2) is 69.4 Å². The number of hydrogen-bond donors (Lipinski definition) is 3. The van der Waals surface area contributed by atoms with Crippen molar-refractivity contribution in [1.82, 2.24) is 15.5 Å². The van der Waals surface area contributed by atoms with Gasteiger partial charge < -0.3 is 25.4 Å². The van der Waals surface area contributed by atoms with E-state index in [1.54, 1.807) is 34.6 Å². The number of alkyl carbamates (subject to hydrolysis) is 1. The molecule has 10 nitrogen and oxygen atoms in total. The molecule has 1 aliphatic heterocycles. The maximum absolute atomic E-state index is 13.5. The number of nitrogens with zero attached hydrogens (tertiary/aromatic N) is 1. The number of carboxylic acid groups (broad SMARTS) is 1. The molecule has 184 valence electrons. The number of likely N-dealkylation sites (tertiary alicyclic amines) is 1. The number of nitrogens with one attached hydrogen (secondary N) is 2. The summed E-state index contributed by atoms with van der Waals surface area (Å²) < 4.78 is 5.30. The molecule has 0 aromatic rings. The molecule has 0 aromatic carbocycles. The standard InChI is InChI=1S/C23H35N3O7/c1-11(2)14(24-20(32)33-21(3,4)5)18(29)26-10-12-13(22(12,6)7)15(26)17(28)25-23(8-9-23)16(27)19(30)31/h11-15H,8-10H2,1-7H3,(H,24,32)(H,25,28)(H,30,31)/t12-,13-,14-,15?/m0/s1. The zero-order valence-corrected chi connectivity index (χ0v) is 20.4. The van der Waals surface area contributed by atoms with Crippen LogP contribution in [0.25, 0.3) is 0 Å². The van der Waals surface area contributed by atoms with Crippen molar-refractivity contribution in [1.29, 1.82) is 0 Å². The molecular formula is C23H35N3O7. The van der Waals surface area contributed by atoms with Gasteiger partial charge in [0.25, 0.3) is 5.78 Å². The third kappa shape index (κ3) is 4.70. The zero-order chi connectivity index (χ0) is 25.1. The number of piperidine rings is 1. The molecule has 2 aliphatic carbocycles. The Morgan fingerprint density at radius 1 is 1.09 bits per heavy atom. The van der Waals surface area contributed by atoms with Gasteiger partial charge in [-0.1, -0.05) is 27.7 Å². The van der Waals surface area contributed by atoms with Crippen LogP contribution >= 0.6 is 0 Å². The fourth-order valence-electron chi connectivity index (χ4n) is 4.99. The van der Waals surface area contributed by atoms with Crippen LogP contribution in [0, 0.1) is 23.2 Å². The van der Waals surface area contributed by atoms with Crippen molar-refractivity contribution in [3.8, 4) is 0 Å². The molecule has 1 saturated heterocycles. The summed E-state index contributed by atoms with van der Waals surface area (Å²) in [6.45, 7) is 13.2. The summed E-state index contributed by atoms with van der Waals surface area (Å²) >= 11 is 0. The summed E-state index contributed by atoms with van der Waals surface area (Å²) in [7, 11) is 0. The molecule has 3 N–H and O–H groups in total. The number of Topliss-reactive ketones (excluding diaryl/α,β-unsaturated/α-hetero) is 1. The number of hydrogen-bond acceptors (Lipinski definition) is 6. The Labute approximate surface area is 193 Å². The first-order valence-electron chi connectivity index (χ1n) is 11.4. The van der Waals surface area contributed by atoms with Gasteiger partial charge in [0.2, 0.25) is 11.8 Å². The van der Waals surface area contributed by atoms with Gasteiger partial charge in [-0.2, -0.15) is 0 Å². The van der Waals surface area contributed by atoms with E-state index in [0.29, 0.717) is 6.54 Å². The molecule has 3 fully saturated rings. The van der Waals surface area contributed by atoms with Crippen molar-refractivity contribution < 1.29 is 33.8 Å². The molecule has 1 unspecified atom stereocenters. The quantitative estimate of drug-likeness (QED) is 0.481. The van der Waals surface area contributed by atoms with E-state index in [-0.39, 0.29) is 36.0 Å². The predicted octanol–water partition coefficient (Wildman–Crippen LogP) is 1.32. The third-order valence-corrected chi connectivity index (χ3v) is 7.11. The highest BCUT2D eigenvalue weighted by Crippen LogP contribution is 2.65. The first kappa shape index (κ1) is 25.0. The lowest BCUT2D eigenvalue weighted by Crippen LogP contribution is -2.59. The highest BCUT2D eigenvalue weighted by Gasteiger charge is 2.70. The number of ketones is 1. The molecule has 3 amide bonds. The molecular weight excluding hydrogens is 430 g/mol. The fourth-order valence-corrected chi connectivity index (χ4v) is 4.99. The lowest BCUT2D eigenvalue weighted by molar-refractivity contribution is -0.151. The van der Waals surface area contributed by atoms with Gasteiger partial charge in [-0.05, 0) is 56.8 Å². The Kier molecular flexibility index (Phi) is 6.05. The minimum absolute atomic E-state index is 0.105. The van der Waals surface area contributed by atoms with Gasteiger partial charge in [-0.3, -0.25) is 14.4 Å². The maximum atomic E-state index is 13.5. The Bertz CT molecular complexity index is 885. The first-order chi connectivity index (χ1) is 15.0. The van der Waals surface area contributed by atoms with Crippen LogP contribution in [-0.2, 0) is 23.9 Å². The number of amides is 3. The van der Waals surface area contributed by atoms with E-state index in [1.165, 1.54) is 4.90 Å². The van der Waals surface area contributed by atoms with E-state index in [2.05, 4.69) is 10.6 Å². The minimum atomic E-state index is -1.58. The van der Waals surface area contributed by atoms with Crippen LogP contribution in [0.3, 0.4) is 0 Å². The molecule has 3 rings (SSSR count). The molecule has 4 atom stereocenters. The molecule has 10 heteroatoms. The lowest BCUT2D eigenvalue weighted by atomic mass is 9.97. The number of carbonyl (C=O) groups is 5. The summed E-state index contributed by atoms with van der Waals surface area (Å²) in [5, 5.41) is 14.4. The molecule has 3 aliphatic rings. The van der Waals surface area contributed by atoms with Crippen LogP contribution < -0.4 is 10.6 Å². The summed E-state index contributed by atoms with van der Waals surface area (Å²) in [6.07, 6.45) is -0.197. The number of aliphatic carboxylic acids is 1. The van der Waals surface area contributed by atoms with E-state index in [0.717, 1.165) is 0 Å². The van der Waals surface area contributed by atoms with Crippen molar-refractivity contribution in [3.05, 3.63) is 0 Å². The fraction of sp³-hybridized carbons (Fsp3) is 0.783. The molecule has 0 bridgehead atoms. The van der Waals surface area contributed by atoms with Gasteiger partial charge in [-0.15, -0.1) is 0 Å². The number of rotatable bonds is 7. The van der Waals surface area contributed by atoms with Gasteiger partial charge in [0.05, 0.1) is 0 Å². The van der Waals surface area contributed by atoms with E-state index in [4.69, 9.17) is 9.84 Å². The van der Waals surface area contributed by atoms with Crippen LogP contribution in [0.15, 0.2) is 0 Å². The second-order valence-corrected chi connectivity index (χ2v) is 11.5. The van der Waals surface area contributed by atoms with Crippen molar-refractivity contribution in [3.63, 3.8) is 0 Å². The van der Waals surface area contributed by atoms with Crippen LogP contribution in [0.4, 0.5) is 4.79 Å². The molecule has 1 heterocycles. The molecule has 0 aromatic heterocycles. The molecule has 33 heavy (non-hydrogen) atoms. The average molecular weight is 466 g/mol. The van der Waals surface area contributed by atoms with Gasteiger partial charge in [-0.25, -0.2) is 9.59 Å². The zero-order valence-electron chi connectivity index (χ0n) is 20.4. The number of ether oxygens (including phenoxy) is 1. The van der Waals surface area contributed by atoms with E-state index < -0.39 is 52.9 Å². The Balaban J connectivity index is 1.80. The Hall–Kier alpha value is -2.65. The van der Waals surface area contributed by atoms with Crippen molar-refractivity contribution in [2.45, 2.75) is 84.5 Å². The van der Waals surface area contributed by atoms with Crippen molar-refractivity contribution in [2.75, 3.05) is 6.54 Å². The van der Waals surface area contributed by atoms with Crippen LogP contribution in [0.1, 0.15) is 61.3 Å². The van der Waals surface area contributed by atoms with Crippen LogP contribution in [0.5, 0.6) is 0 Å². The lowest BCUT2D eigenvalue weighted by Gasteiger charge is -2.35. The van der Waals surface area contributed by atoms with Crippen LogP contribution in [0.2, 0.25) is 0 Å². The molecule has 2 saturated carbocycles. The Morgan fingerprint density at radius 3 is 2.12 bits per heavy atom. The van der Waals surface area contributed by atoms with Crippen molar-refractivity contribution in [2.24, 2.45) is 23.2 Å². The summed E-state index contributed by atoms with van der Waals surface area (Å²) in [4.78, 5) is 63.9. The van der Waals surface area contributed by atoms with Crippen molar-refractivity contribution >= 4 is 29.7 Å². The summed E-state index contributed by atoms with van der Waals surface area (Å²) in [5.41, 5.74) is -2.27. The second-order valence-electron chi connectivity index (χ2n) is 11.5. The monoisotopic (exact) mass is 465 g/mol. The molecule has 0 spiro atoms. The van der Waals surface area contributed by atoms with E-state index in [1.807, 2.05) is 13.8 Å². The van der Waals surface area contributed by atoms with E-state index in [9.17, 15) is 24.0 Å². The number of carboxylic acids is 1. The van der Waals surface area contributed by atoms with Gasteiger partial charge in [0, 0.05) is 6.54 Å². The number of fused-ring (bicyclic) bond motifs is 1.